The number of carbonyl (C=O) groups excluding carboxylic acids is 2. The molecule has 0 bridgehead atoms. The number of pyridine rings is 1. The molecule has 0 aliphatic rings. The van der Waals surface area contributed by atoms with Crippen molar-refractivity contribution < 1.29 is 9.59 Å². The van der Waals surface area contributed by atoms with Crippen LogP contribution in [-0.2, 0) is 18.4 Å². The number of aryl methyl sites for hydroxylation is 2. The van der Waals surface area contributed by atoms with Gasteiger partial charge in [0.25, 0.3) is 5.91 Å². The van der Waals surface area contributed by atoms with Gasteiger partial charge in [-0.15, -0.1) is 10.2 Å². The lowest BCUT2D eigenvalue weighted by Gasteiger charge is -2.08. The molecule has 150 valence electrons. The molecule has 0 radical (unpaired) electrons. The Balaban J connectivity index is 1.54. The van der Waals surface area contributed by atoms with Crippen molar-refractivity contribution in [2.24, 2.45) is 7.05 Å². The highest BCUT2D eigenvalue weighted by molar-refractivity contribution is 7.99. The summed E-state index contributed by atoms with van der Waals surface area (Å²) in [4.78, 5) is 28.7. The molecule has 3 rings (SSSR count). The highest BCUT2D eigenvalue weighted by atomic mass is 32.2. The van der Waals surface area contributed by atoms with Crippen LogP contribution < -0.4 is 10.6 Å². The van der Waals surface area contributed by atoms with E-state index in [1.807, 2.05) is 44.2 Å². The van der Waals surface area contributed by atoms with Crippen molar-refractivity contribution in [2.75, 3.05) is 11.1 Å². The zero-order valence-corrected chi connectivity index (χ0v) is 17.3. The molecule has 8 nitrogen and oxygen atoms in total. The molecule has 0 saturated carbocycles. The third-order valence-electron chi connectivity index (χ3n) is 4.32. The van der Waals surface area contributed by atoms with E-state index >= 15 is 0 Å². The van der Waals surface area contributed by atoms with E-state index in [9.17, 15) is 9.59 Å². The average molecular weight is 411 g/mol. The van der Waals surface area contributed by atoms with E-state index in [0.717, 1.165) is 11.1 Å². The largest absolute Gasteiger partial charge is 0.345 e. The maximum atomic E-state index is 12.3. The topological polar surface area (TPSA) is 102 Å². The average Bonchev–Trinajstić information content (AvgIpc) is 3.06. The van der Waals surface area contributed by atoms with Crippen LogP contribution in [-0.4, -0.2) is 37.3 Å². The molecule has 0 saturated heterocycles. The lowest BCUT2D eigenvalue weighted by molar-refractivity contribution is -0.113. The first-order chi connectivity index (χ1) is 14.0. The van der Waals surface area contributed by atoms with Gasteiger partial charge >= 0.3 is 0 Å². The number of amides is 2. The number of thioether (sulfide) groups is 1. The molecule has 9 heteroatoms. The minimum Gasteiger partial charge on any atom is -0.345 e. The Bertz CT molecular complexity index is 1030. The number of hydrogen-bond donors (Lipinski definition) is 2. The minimum absolute atomic E-state index is 0.162. The zero-order valence-electron chi connectivity index (χ0n) is 16.5. The fraction of sp³-hybridized carbons (Fsp3) is 0.250. The van der Waals surface area contributed by atoms with Crippen LogP contribution >= 0.6 is 11.8 Å². The van der Waals surface area contributed by atoms with Gasteiger partial charge in [-0.05, 0) is 37.1 Å². The summed E-state index contributed by atoms with van der Waals surface area (Å²) in [6.45, 7) is 4.02. The first-order valence-electron chi connectivity index (χ1n) is 9.02. The lowest BCUT2D eigenvalue weighted by Crippen LogP contribution is -2.25. The Hall–Kier alpha value is -3.20. The van der Waals surface area contributed by atoms with Gasteiger partial charge in [-0.2, -0.15) is 0 Å². The molecule has 2 N–H and O–H groups in total. The van der Waals surface area contributed by atoms with Gasteiger partial charge in [0, 0.05) is 18.8 Å². The molecule has 0 aliphatic carbocycles. The Kier molecular flexibility index (Phi) is 6.61. The van der Waals surface area contributed by atoms with E-state index in [1.165, 1.54) is 11.8 Å². The van der Waals surface area contributed by atoms with Crippen molar-refractivity contribution in [1.29, 1.82) is 0 Å². The molecule has 0 unspecified atom stereocenters. The maximum Gasteiger partial charge on any atom is 0.251 e. The Morgan fingerprint density at radius 1 is 1.07 bits per heavy atom. The molecule has 2 amide bonds. The third-order valence-corrected chi connectivity index (χ3v) is 5.34. The summed E-state index contributed by atoms with van der Waals surface area (Å²) in [5, 5.41) is 14.5. The molecule has 0 spiro atoms. The molecule has 1 aromatic carbocycles. The smallest absolute Gasteiger partial charge is 0.251 e. The number of carbonyl (C=O) groups is 2. The summed E-state index contributed by atoms with van der Waals surface area (Å²) in [6, 6.07) is 11.1. The standard InChI is InChI=1S/C20H22N6O2S/c1-13-7-4-5-9-15(13)19(28)22-11-16-24-25-20(26(16)3)29-12-17(27)23-18-14(2)8-6-10-21-18/h4-10H,11-12H2,1-3H3,(H,22,28)(H,21,23,27). The van der Waals surface area contributed by atoms with Gasteiger partial charge in [-0.3, -0.25) is 9.59 Å². The Morgan fingerprint density at radius 3 is 2.59 bits per heavy atom. The predicted octanol–water partition coefficient (Wildman–Crippen LogP) is 2.49. The van der Waals surface area contributed by atoms with Crippen molar-refractivity contribution in [1.82, 2.24) is 25.1 Å². The molecule has 0 fully saturated rings. The van der Waals surface area contributed by atoms with E-state index in [2.05, 4.69) is 25.8 Å². The number of aromatic nitrogens is 4. The molecular weight excluding hydrogens is 388 g/mol. The van der Waals surface area contributed by atoms with Crippen LogP contribution in [0.4, 0.5) is 5.82 Å². The van der Waals surface area contributed by atoms with Crippen LogP contribution in [0.5, 0.6) is 0 Å². The van der Waals surface area contributed by atoms with Crippen molar-refractivity contribution in [3.8, 4) is 0 Å². The second-order valence-corrected chi connectivity index (χ2v) is 7.40. The van der Waals surface area contributed by atoms with Crippen LogP contribution in [0.3, 0.4) is 0 Å². The van der Waals surface area contributed by atoms with Crippen LogP contribution in [0.25, 0.3) is 0 Å². The van der Waals surface area contributed by atoms with Crippen LogP contribution in [0.1, 0.15) is 27.3 Å². The van der Waals surface area contributed by atoms with Crippen LogP contribution in [0.15, 0.2) is 47.8 Å². The first-order valence-corrected chi connectivity index (χ1v) is 10.0. The lowest BCUT2D eigenvalue weighted by atomic mass is 10.1. The molecule has 0 atom stereocenters. The summed E-state index contributed by atoms with van der Waals surface area (Å²) < 4.78 is 1.77. The van der Waals surface area contributed by atoms with Crippen molar-refractivity contribution in [2.45, 2.75) is 25.5 Å². The van der Waals surface area contributed by atoms with Gasteiger partial charge in [0.2, 0.25) is 5.91 Å². The monoisotopic (exact) mass is 410 g/mol. The van der Waals surface area contributed by atoms with Gasteiger partial charge in [-0.1, -0.05) is 36.0 Å². The Labute approximate surface area is 173 Å². The summed E-state index contributed by atoms with van der Waals surface area (Å²) in [5.74, 6) is 1.00. The number of nitrogens with one attached hydrogen (secondary N) is 2. The highest BCUT2D eigenvalue weighted by Gasteiger charge is 2.14. The van der Waals surface area contributed by atoms with Gasteiger partial charge in [0.1, 0.15) is 5.82 Å². The molecule has 0 aliphatic heterocycles. The van der Waals surface area contributed by atoms with Gasteiger partial charge in [0.15, 0.2) is 11.0 Å². The van der Waals surface area contributed by atoms with E-state index in [4.69, 9.17) is 0 Å². The zero-order chi connectivity index (χ0) is 20.8. The fourth-order valence-corrected chi connectivity index (χ4v) is 3.35. The second-order valence-electron chi connectivity index (χ2n) is 6.46. The number of benzene rings is 1. The number of rotatable bonds is 7. The van der Waals surface area contributed by atoms with Gasteiger partial charge < -0.3 is 15.2 Å². The fourth-order valence-electron chi connectivity index (χ4n) is 2.62. The van der Waals surface area contributed by atoms with Crippen LogP contribution in [0, 0.1) is 13.8 Å². The first kappa shape index (κ1) is 20.5. The van der Waals surface area contributed by atoms with Gasteiger partial charge in [0.05, 0.1) is 12.3 Å². The molecule has 29 heavy (non-hydrogen) atoms. The van der Waals surface area contributed by atoms with Crippen molar-refractivity contribution in [3.63, 3.8) is 0 Å². The second kappa shape index (κ2) is 9.33. The van der Waals surface area contributed by atoms with E-state index in [0.29, 0.717) is 22.4 Å². The number of nitrogens with zero attached hydrogens (tertiary/aromatic N) is 4. The van der Waals surface area contributed by atoms with E-state index in [-0.39, 0.29) is 24.1 Å². The summed E-state index contributed by atoms with van der Waals surface area (Å²) >= 11 is 1.27. The summed E-state index contributed by atoms with van der Waals surface area (Å²) in [7, 11) is 1.80. The molecular formula is C20H22N6O2S. The third kappa shape index (κ3) is 5.20. The molecule has 2 aromatic heterocycles. The van der Waals surface area contributed by atoms with E-state index in [1.54, 1.807) is 23.9 Å². The minimum atomic E-state index is -0.172. The van der Waals surface area contributed by atoms with Crippen molar-refractivity contribution in [3.05, 3.63) is 65.1 Å². The number of anilines is 1. The number of hydrogen-bond acceptors (Lipinski definition) is 6. The molecule has 3 aromatic rings. The van der Waals surface area contributed by atoms with Crippen molar-refractivity contribution >= 4 is 29.4 Å². The predicted molar refractivity (Wildman–Crippen MR) is 112 cm³/mol. The Morgan fingerprint density at radius 2 is 1.83 bits per heavy atom. The van der Waals surface area contributed by atoms with E-state index < -0.39 is 0 Å². The normalized spacial score (nSPS) is 10.6. The summed E-state index contributed by atoms with van der Waals surface area (Å²) in [5.41, 5.74) is 2.44. The van der Waals surface area contributed by atoms with Gasteiger partial charge in [-0.25, -0.2) is 4.98 Å². The summed E-state index contributed by atoms with van der Waals surface area (Å²) in [6.07, 6.45) is 1.63. The maximum absolute atomic E-state index is 12.3. The quantitative estimate of drug-likeness (QED) is 0.580. The molecule has 2 heterocycles. The van der Waals surface area contributed by atoms with Crippen LogP contribution in [0.2, 0.25) is 0 Å². The highest BCUT2D eigenvalue weighted by Crippen LogP contribution is 2.17. The SMILES string of the molecule is Cc1ccccc1C(=O)NCc1nnc(SCC(=O)Nc2ncccc2C)n1C.